The van der Waals surface area contributed by atoms with Crippen LogP contribution in [-0.4, -0.2) is 29.9 Å². The summed E-state index contributed by atoms with van der Waals surface area (Å²) in [6.45, 7) is 5.22. The van der Waals surface area contributed by atoms with Gasteiger partial charge < -0.3 is 15.4 Å². The summed E-state index contributed by atoms with van der Waals surface area (Å²) in [7, 11) is 0. The van der Waals surface area contributed by atoms with E-state index in [2.05, 4.69) is 21.7 Å². The van der Waals surface area contributed by atoms with Crippen LogP contribution in [0, 0.1) is 19.8 Å². The summed E-state index contributed by atoms with van der Waals surface area (Å²) in [5.41, 5.74) is 2.67. The van der Waals surface area contributed by atoms with Crippen molar-refractivity contribution in [2.75, 3.05) is 13.1 Å². The third kappa shape index (κ3) is 5.29. The molecule has 0 saturated heterocycles. The van der Waals surface area contributed by atoms with Gasteiger partial charge in [0.25, 0.3) is 5.91 Å². The van der Waals surface area contributed by atoms with Crippen LogP contribution < -0.4 is 15.4 Å². The molecular formula is C19H23N3O3S. The first-order valence-electron chi connectivity index (χ1n) is 8.72. The van der Waals surface area contributed by atoms with Crippen molar-refractivity contribution >= 4 is 23.2 Å². The lowest BCUT2D eigenvalue weighted by Crippen LogP contribution is -2.35. The highest BCUT2D eigenvalue weighted by molar-refractivity contribution is 7.09. The van der Waals surface area contributed by atoms with Gasteiger partial charge in [-0.25, -0.2) is 4.98 Å². The normalized spacial score (nSPS) is 13.3. The first-order valence-corrected chi connectivity index (χ1v) is 9.60. The molecule has 1 aliphatic rings. The summed E-state index contributed by atoms with van der Waals surface area (Å²) in [6, 6.07) is 6.04. The number of carbonyl (C=O) groups is 2. The molecule has 1 aromatic heterocycles. The second kappa shape index (κ2) is 8.31. The van der Waals surface area contributed by atoms with Crippen LogP contribution in [0.4, 0.5) is 0 Å². The molecule has 0 atom stereocenters. The number of rotatable bonds is 8. The van der Waals surface area contributed by atoms with Gasteiger partial charge >= 0.3 is 0 Å². The number of carbonyl (C=O) groups excluding carboxylic acids is 2. The highest BCUT2D eigenvalue weighted by Crippen LogP contribution is 2.28. The number of aromatic nitrogens is 1. The van der Waals surface area contributed by atoms with Gasteiger partial charge in [-0.1, -0.05) is 6.07 Å². The monoisotopic (exact) mass is 373 g/mol. The van der Waals surface area contributed by atoms with Gasteiger partial charge in [0.1, 0.15) is 23.1 Å². The van der Waals surface area contributed by atoms with Crippen LogP contribution in [0.15, 0.2) is 23.6 Å². The average Bonchev–Trinajstić information content (AvgIpc) is 3.34. The van der Waals surface area contributed by atoms with Crippen molar-refractivity contribution < 1.29 is 14.3 Å². The van der Waals surface area contributed by atoms with Crippen LogP contribution >= 0.6 is 11.3 Å². The Bertz CT molecular complexity index is 779. The predicted octanol–water partition coefficient (Wildman–Crippen LogP) is 2.59. The van der Waals surface area contributed by atoms with Gasteiger partial charge in [0.15, 0.2) is 0 Å². The zero-order valence-corrected chi connectivity index (χ0v) is 15.8. The van der Waals surface area contributed by atoms with E-state index in [4.69, 9.17) is 4.74 Å². The molecule has 3 rings (SSSR count). The highest BCUT2D eigenvalue weighted by Gasteiger charge is 2.29. The Morgan fingerprint density at radius 3 is 2.54 bits per heavy atom. The number of benzene rings is 1. The standard InChI is InChI=1S/C19H23N3O3S/c1-12-7-13(2)9-15(8-12)25-10-17-22-16(11-26-17)19(24)21-6-5-20-18(23)14-3-4-14/h7-9,11,14H,3-6,10H2,1-2H3,(H,20,23)(H,21,24). The zero-order valence-electron chi connectivity index (χ0n) is 15.0. The van der Waals surface area contributed by atoms with Crippen molar-refractivity contribution in [3.05, 3.63) is 45.4 Å². The van der Waals surface area contributed by atoms with Crippen LogP contribution in [0.25, 0.3) is 0 Å². The molecule has 138 valence electrons. The molecule has 6 nitrogen and oxygen atoms in total. The van der Waals surface area contributed by atoms with Crippen LogP contribution in [0.1, 0.15) is 39.5 Å². The van der Waals surface area contributed by atoms with Crippen LogP contribution in [0.5, 0.6) is 5.75 Å². The zero-order chi connectivity index (χ0) is 18.5. The van der Waals surface area contributed by atoms with Crippen molar-refractivity contribution in [2.24, 2.45) is 5.92 Å². The Labute approximate surface area is 157 Å². The Hall–Kier alpha value is -2.41. The third-order valence-corrected chi connectivity index (χ3v) is 4.82. The van der Waals surface area contributed by atoms with E-state index < -0.39 is 0 Å². The third-order valence-electron chi connectivity index (χ3n) is 4.00. The van der Waals surface area contributed by atoms with Crippen molar-refractivity contribution in [2.45, 2.75) is 33.3 Å². The first kappa shape index (κ1) is 18.4. The summed E-state index contributed by atoms with van der Waals surface area (Å²) in [6.07, 6.45) is 1.95. The van der Waals surface area contributed by atoms with E-state index in [-0.39, 0.29) is 17.7 Å². The molecule has 2 aromatic rings. The van der Waals surface area contributed by atoms with E-state index in [9.17, 15) is 9.59 Å². The van der Waals surface area contributed by atoms with Gasteiger partial charge in [0.05, 0.1) is 0 Å². The van der Waals surface area contributed by atoms with Crippen molar-refractivity contribution in [1.82, 2.24) is 15.6 Å². The highest BCUT2D eigenvalue weighted by atomic mass is 32.1. The van der Waals surface area contributed by atoms with Crippen molar-refractivity contribution in [3.63, 3.8) is 0 Å². The quantitative estimate of drug-likeness (QED) is 0.697. The van der Waals surface area contributed by atoms with Crippen LogP contribution in [-0.2, 0) is 11.4 Å². The minimum Gasteiger partial charge on any atom is -0.486 e. The molecule has 0 aliphatic heterocycles. The molecule has 2 amide bonds. The molecule has 1 fully saturated rings. The molecule has 1 heterocycles. The summed E-state index contributed by atoms with van der Waals surface area (Å²) >= 11 is 1.40. The second-order valence-electron chi connectivity index (χ2n) is 6.56. The topological polar surface area (TPSA) is 80.3 Å². The number of hydrogen-bond donors (Lipinski definition) is 2. The molecule has 0 unspecified atom stereocenters. The summed E-state index contributed by atoms with van der Waals surface area (Å²) < 4.78 is 5.77. The molecule has 1 saturated carbocycles. The number of aryl methyl sites for hydroxylation is 2. The van der Waals surface area contributed by atoms with Crippen molar-refractivity contribution in [1.29, 1.82) is 0 Å². The molecule has 7 heteroatoms. The number of nitrogens with one attached hydrogen (secondary N) is 2. The molecule has 1 aromatic carbocycles. The van der Waals surface area contributed by atoms with Gasteiger partial charge in [-0.15, -0.1) is 11.3 Å². The SMILES string of the molecule is Cc1cc(C)cc(OCc2nc(C(=O)NCCNC(=O)C3CC3)cs2)c1. The second-order valence-corrected chi connectivity index (χ2v) is 7.50. The van der Waals surface area contributed by atoms with Gasteiger partial charge in [-0.2, -0.15) is 0 Å². The van der Waals surface area contributed by atoms with Crippen LogP contribution in [0.2, 0.25) is 0 Å². The molecular weight excluding hydrogens is 350 g/mol. The number of amides is 2. The first-order chi connectivity index (χ1) is 12.5. The summed E-state index contributed by atoms with van der Waals surface area (Å²) in [4.78, 5) is 27.9. The van der Waals surface area contributed by atoms with Gasteiger partial charge in [0.2, 0.25) is 5.91 Å². The lowest BCUT2D eigenvalue weighted by molar-refractivity contribution is -0.122. The largest absolute Gasteiger partial charge is 0.486 e. The summed E-state index contributed by atoms with van der Waals surface area (Å²) in [5.74, 6) is 0.831. The van der Waals surface area contributed by atoms with Gasteiger partial charge in [-0.3, -0.25) is 9.59 Å². The smallest absolute Gasteiger partial charge is 0.270 e. The van der Waals surface area contributed by atoms with E-state index in [0.29, 0.717) is 25.4 Å². The maximum absolute atomic E-state index is 12.1. The summed E-state index contributed by atoms with van der Waals surface area (Å²) in [5, 5.41) is 8.05. The van der Waals surface area contributed by atoms with E-state index in [1.54, 1.807) is 5.38 Å². The lowest BCUT2D eigenvalue weighted by Gasteiger charge is -2.06. The minimum atomic E-state index is -0.237. The molecule has 0 radical (unpaired) electrons. The van der Waals surface area contributed by atoms with E-state index in [0.717, 1.165) is 34.7 Å². The molecule has 2 N–H and O–H groups in total. The number of ether oxygens (including phenoxy) is 1. The fourth-order valence-electron chi connectivity index (χ4n) is 2.58. The molecule has 0 spiro atoms. The van der Waals surface area contributed by atoms with E-state index in [1.165, 1.54) is 11.3 Å². The predicted molar refractivity (Wildman–Crippen MR) is 100 cm³/mol. The number of hydrogen-bond acceptors (Lipinski definition) is 5. The fourth-order valence-corrected chi connectivity index (χ4v) is 3.27. The molecule has 0 bridgehead atoms. The fraction of sp³-hybridized carbons (Fsp3) is 0.421. The van der Waals surface area contributed by atoms with Crippen LogP contribution in [0.3, 0.4) is 0 Å². The van der Waals surface area contributed by atoms with Gasteiger partial charge in [-0.05, 0) is 49.9 Å². The minimum absolute atomic E-state index is 0.0822. The molecule has 26 heavy (non-hydrogen) atoms. The van der Waals surface area contributed by atoms with E-state index in [1.807, 2.05) is 26.0 Å². The van der Waals surface area contributed by atoms with Crippen molar-refractivity contribution in [3.8, 4) is 5.75 Å². The van der Waals surface area contributed by atoms with E-state index >= 15 is 0 Å². The molecule has 1 aliphatic carbocycles. The Balaban J connectivity index is 1.42. The Kier molecular flexibility index (Phi) is 5.88. The lowest BCUT2D eigenvalue weighted by atomic mass is 10.1. The number of thiazole rings is 1. The van der Waals surface area contributed by atoms with Gasteiger partial charge in [0, 0.05) is 24.4 Å². The Morgan fingerprint density at radius 2 is 1.85 bits per heavy atom. The number of nitrogens with zero attached hydrogens (tertiary/aromatic N) is 1. The Morgan fingerprint density at radius 1 is 1.15 bits per heavy atom. The average molecular weight is 373 g/mol. The maximum Gasteiger partial charge on any atom is 0.270 e. The maximum atomic E-state index is 12.1.